The third kappa shape index (κ3) is 4.51. The molecule has 0 saturated carbocycles. The maximum absolute atomic E-state index is 11.4. The van der Waals surface area contributed by atoms with Crippen LogP contribution in [-0.4, -0.2) is 12.5 Å². The smallest absolute Gasteiger partial charge is 0.248 e. The standard InChI is InChI=1S/C20H25NO3/c1-5-23-18-11-6-14(19(21)22)12-15(18)13-24-17-9-7-16(8-10-17)20(2,3)4/h6-12H,5,13H2,1-4H3,(H2,21,22). The maximum atomic E-state index is 11.4. The van der Waals surface area contributed by atoms with Gasteiger partial charge in [0.25, 0.3) is 0 Å². The number of hydrogen-bond donors (Lipinski definition) is 1. The van der Waals surface area contributed by atoms with Crippen LogP contribution in [0.4, 0.5) is 0 Å². The summed E-state index contributed by atoms with van der Waals surface area (Å²) in [6, 6.07) is 13.2. The van der Waals surface area contributed by atoms with E-state index in [1.807, 2.05) is 19.1 Å². The molecule has 0 fully saturated rings. The molecule has 2 rings (SSSR count). The summed E-state index contributed by atoms with van der Waals surface area (Å²) in [7, 11) is 0. The SMILES string of the molecule is CCOc1ccc(C(N)=O)cc1COc1ccc(C(C)(C)C)cc1. The van der Waals surface area contributed by atoms with E-state index >= 15 is 0 Å². The van der Waals surface area contributed by atoms with Crippen molar-refractivity contribution >= 4 is 5.91 Å². The number of hydrogen-bond acceptors (Lipinski definition) is 3. The lowest BCUT2D eigenvalue weighted by molar-refractivity contribution is 0.1000. The number of nitrogens with two attached hydrogens (primary N) is 1. The normalized spacial score (nSPS) is 11.2. The van der Waals surface area contributed by atoms with Crippen LogP contribution in [0, 0.1) is 0 Å². The quantitative estimate of drug-likeness (QED) is 0.870. The average Bonchev–Trinajstić information content (AvgIpc) is 2.53. The van der Waals surface area contributed by atoms with Crippen LogP contribution in [0.15, 0.2) is 42.5 Å². The minimum Gasteiger partial charge on any atom is -0.493 e. The molecule has 4 heteroatoms. The fourth-order valence-electron chi connectivity index (χ4n) is 2.35. The highest BCUT2D eigenvalue weighted by molar-refractivity contribution is 5.93. The van der Waals surface area contributed by atoms with Crippen LogP contribution in [0.3, 0.4) is 0 Å². The van der Waals surface area contributed by atoms with E-state index < -0.39 is 5.91 Å². The Bertz CT molecular complexity index is 700. The number of rotatable bonds is 6. The Labute approximate surface area is 143 Å². The third-order valence-corrected chi connectivity index (χ3v) is 3.76. The lowest BCUT2D eigenvalue weighted by atomic mass is 9.87. The van der Waals surface area contributed by atoms with Gasteiger partial charge in [-0.25, -0.2) is 0 Å². The molecule has 0 aliphatic rings. The van der Waals surface area contributed by atoms with Crippen molar-refractivity contribution in [2.75, 3.05) is 6.61 Å². The summed E-state index contributed by atoms with van der Waals surface area (Å²) in [6.07, 6.45) is 0. The Kier molecular flexibility index (Phi) is 5.50. The number of amides is 1. The number of carbonyl (C=O) groups excluding carboxylic acids is 1. The van der Waals surface area contributed by atoms with Gasteiger partial charge in [-0.1, -0.05) is 32.9 Å². The van der Waals surface area contributed by atoms with E-state index in [1.165, 1.54) is 5.56 Å². The molecule has 128 valence electrons. The maximum Gasteiger partial charge on any atom is 0.248 e. The second kappa shape index (κ2) is 7.39. The van der Waals surface area contributed by atoms with E-state index in [0.717, 1.165) is 11.3 Å². The first kappa shape index (κ1) is 17.9. The van der Waals surface area contributed by atoms with Crippen molar-refractivity contribution in [1.82, 2.24) is 0 Å². The summed E-state index contributed by atoms with van der Waals surface area (Å²) in [4.78, 5) is 11.4. The minimum atomic E-state index is -0.464. The molecule has 0 atom stereocenters. The molecule has 0 spiro atoms. The average molecular weight is 327 g/mol. The number of ether oxygens (including phenoxy) is 2. The fraction of sp³-hybridized carbons (Fsp3) is 0.350. The number of primary amides is 1. The van der Waals surface area contributed by atoms with Gasteiger partial charge in [0, 0.05) is 11.1 Å². The predicted molar refractivity (Wildman–Crippen MR) is 95.6 cm³/mol. The van der Waals surface area contributed by atoms with Crippen molar-refractivity contribution in [1.29, 1.82) is 0 Å². The van der Waals surface area contributed by atoms with Crippen LogP contribution >= 0.6 is 0 Å². The highest BCUT2D eigenvalue weighted by Gasteiger charge is 2.13. The van der Waals surface area contributed by atoms with E-state index in [0.29, 0.717) is 24.5 Å². The van der Waals surface area contributed by atoms with Gasteiger partial charge in [0.15, 0.2) is 0 Å². The van der Waals surface area contributed by atoms with Crippen LogP contribution in [0.5, 0.6) is 11.5 Å². The Morgan fingerprint density at radius 1 is 1.04 bits per heavy atom. The molecular weight excluding hydrogens is 302 g/mol. The van der Waals surface area contributed by atoms with Gasteiger partial charge < -0.3 is 15.2 Å². The molecule has 4 nitrogen and oxygen atoms in total. The molecule has 2 aromatic carbocycles. The highest BCUT2D eigenvalue weighted by atomic mass is 16.5. The van der Waals surface area contributed by atoms with Crippen LogP contribution < -0.4 is 15.2 Å². The zero-order chi connectivity index (χ0) is 17.7. The molecule has 0 radical (unpaired) electrons. The monoisotopic (exact) mass is 327 g/mol. The molecule has 2 aromatic rings. The van der Waals surface area contributed by atoms with Gasteiger partial charge in [0.05, 0.1) is 6.61 Å². The van der Waals surface area contributed by atoms with Gasteiger partial charge in [0.1, 0.15) is 18.1 Å². The van der Waals surface area contributed by atoms with Crippen LogP contribution in [0.1, 0.15) is 49.2 Å². The molecule has 2 N–H and O–H groups in total. The van der Waals surface area contributed by atoms with Gasteiger partial charge in [-0.15, -0.1) is 0 Å². The molecule has 0 heterocycles. The second-order valence-corrected chi connectivity index (χ2v) is 6.68. The van der Waals surface area contributed by atoms with Gasteiger partial charge in [-0.2, -0.15) is 0 Å². The third-order valence-electron chi connectivity index (χ3n) is 3.76. The van der Waals surface area contributed by atoms with Gasteiger partial charge in [0.2, 0.25) is 5.91 Å². The Hall–Kier alpha value is -2.49. The van der Waals surface area contributed by atoms with Gasteiger partial charge >= 0.3 is 0 Å². The minimum absolute atomic E-state index is 0.108. The Balaban J connectivity index is 2.15. The molecule has 0 aliphatic heterocycles. The molecule has 1 amide bonds. The predicted octanol–water partition coefficient (Wildman–Crippen LogP) is 4.06. The molecule has 24 heavy (non-hydrogen) atoms. The van der Waals surface area contributed by atoms with Crippen molar-refractivity contribution < 1.29 is 14.3 Å². The van der Waals surface area contributed by atoms with Crippen molar-refractivity contribution in [3.8, 4) is 11.5 Å². The van der Waals surface area contributed by atoms with Crippen LogP contribution in [0.2, 0.25) is 0 Å². The molecule has 0 bridgehead atoms. The Morgan fingerprint density at radius 3 is 2.25 bits per heavy atom. The summed E-state index contributed by atoms with van der Waals surface area (Å²) in [5, 5.41) is 0. The van der Waals surface area contributed by atoms with Gasteiger partial charge in [-0.3, -0.25) is 4.79 Å². The molecule has 0 unspecified atom stereocenters. The van der Waals surface area contributed by atoms with E-state index in [-0.39, 0.29) is 5.41 Å². The summed E-state index contributed by atoms with van der Waals surface area (Å²) in [5.41, 5.74) is 7.95. The summed E-state index contributed by atoms with van der Waals surface area (Å²) >= 11 is 0. The highest BCUT2D eigenvalue weighted by Crippen LogP contribution is 2.26. The summed E-state index contributed by atoms with van der Waals surface area (Å²) < 4.78 is 11.4. The van der Waals surface area contributed by atoms with E-state index in [9.17, 15) is 4.79 Å². The van der Waals surface area contributed by atoms with E-state index in [2.05, 4.69) is 32.9 Å². The van der Waals surface area contributed by atoms with Crippen molar-refractivity contribution in [2.24, 2.45) is 5.73 Å². The first-order valence-electron chi connectivity index (χ1n) is 8.10. The first-order chi connectivity index (χ1) is 11.3. The Morgan fingerprint density at radius 2 is 1.71 bits per heavy atom. The molecule has 0 aromatic heterocycles. The summed E-state index contributed by atoms with van der Waals surface area (Å²) in [6.45, 7) is 9.29. The van der Waals surface area contributed by atoms with Crippen molar-refractivity contribution in [3.63, 3.8) is 0 Å². The van der Waals surface area contributed by atoms with Gasteiger partial charge in [-0.05, 0) is 48.2 Å². The fourth-order valence-corrected chi connectivity index (χ4v) is 2.35. The molecule has 0 saturated heterocycles. The zero-order valence-corrected chi connectivity index (χ0v) is 14.8. The zero-order valence-electron chi connectivity index (χ0n) is 14.8. The van der Waals surface area contributed by atoms with Crippen LogP contribution in [-0.2, 0) is 12.0 Å². The van der Waals surface area contributed by atoms with Crippen molar-refractivity contribution in [2.45, 2.75) is 39.7 Å². The summed E-state index contributed by atoms with van der Waals surface area (Å²) in [5.74, 6) is 1.01. The lowest BCUT2D eigenvalue weighted by Crippen LogP contribution is -2.12. The lowest BCUT2D eigenvalue weighted by Gasteiger charge is -2.19. The van der Waals surface area contributed by atoms with Crippen molar-refractivity contribution in [3.05, 3.63) is 59.2 Å². The van der Waals surface area contributed by atoms with E-state index in [1.54, 1.807) is 18.2 Å². The van der Waals surface area contributed by atoms with E-state index in [4.69, 9.17) is 15.2 Å². The first-order valence-corrected chi connectivity index (χ1v) is 8.10. The largest absolute Gasteiger partial charge is 0.493 e. The molecule has 0 aliphatic carbocycles. The second-order valence-electron chi connectivity index (χ2n) is 6.68. The number of carbonyl (C=O) groups is 1. The molecular formula is C20H25NO3. The van der Waals surface area contributed by atoms with Crippen LogP contribution in [0.25, 0.3) is 0 Å². The topological polar surface area (TPSA) is 61.5 Å². The number of benzene rings is 2.